The number of anilines is 1. The Morgan fingerprint density at radius 2 is 2.36 bits per heavy atom. The van der Waals surface area contributed by atoms with Gasteiger partial charge in [-0.2, -0.15) is 0 Å². The van der Waals surface area contributed by atoms with E-state index in [1.807, 2.05) is 13.8 Å². The Bertz CT molecular complexity index is 242. The van der Waals surface area contributed by atoms with Crippen molar-refractivity contribution in [3.63, 3.8) is 0 Å². The molecular formula is C7H13N3O. The van der Waals surface area contributed by atoms with Crippen LogP contribution in [0, 0.1) is 0 Å². The molecule has 1 rings (SSSR count). The lowest BCUT2D eigenvalue weighted by Crippen LogP contribution is -2.22. The fourth-order valence-electron chi connectivity index (χ4n) is 0.766. The van der Waals surface area contributed by atoms with Crippen molar-refractivity contribution < 1.29 is 5.11 Å². The van der Waals surface area contributed by atoms with Gasteiger partial charge in [-0.1, -0.05) is 13.8 Å². The minimum absolute atomic E-state index is 0.0780. The van der Waals surface area contributed by atoms with Crippen LogP contribution >= 0.6 is 0 Å². The molecule has 0 atom stereocenters. The first kappa shape index (κ1) is 8.07. The summed E-state index contributed by atoms with van der Waals surface area (Å²) in [5, 5.41) is 8.97. The Balaban J connectivity index is 2.92. The zero-order chi connectivity index (χ0) is 8.48. The highest BCUT2D eigenvalue weighted by Crippen LogP contribution is 2.20. The number of aromatic nitrogens is 2. The van der Waals surface area contributed by atoms with Gasteiger partial charge in [0.25, 0.3) is 0 Å². The second kappa shape index (κ2) is 2.54. The first-order chi connectivity index (χ1) is 5.06. The maximum Gasteiger partial charge on any atom is 0.197 e. The van der Waals surface area contributed by atoms with Gasteiger partial charge in [-0.05, 0) is 0 Å². The number of nitrogens with two attached hydrogens (primary N) is 1. The lowest BCUT2D eigenvalue weighted by molar-refractivity contribution is 0.215. The molecule has 0 radical (unpaired) electrons. The van der Waals surface area contributed by atoms with Gasteiger partial charge in [0.2, 0.25) is 0 Å². The van der Waals surface area contributed by atoms with Crippen LogP contribution in [0.15, 0.2) is 6.20 Å². The van der Waals surface area contributed by atoms with Gasteiger partial charge in [0.1, 0.15) is 0 Å². The average Bonchev–Trinajstić information content (AvgIpc) is 2.36. The molecule has 0 aliphatic heterocycles. The highest BCUT2D eigenvalue weighted by Gasteiger charge is 2.21. The summed E-state index contributed by atoms with van der Waals surface area (Å²) in [6, 6.07) is 0. The van der Waals surface area contributed by atoms with Crippen molar-refractivity contribution in [2.24, 2.45) is 0 Å². The normalized spacial score (nSPS) is 11.9. The molecule has 0 saturated heterocycles. The van der Waals surface area contributed by atoms with Crippen LogP contribution in [0.2, 0.25) is 0 Å². The Hall–Kier alpha value is -1.03. The van der Waals surface area contributed by atoms with E-state index in [1.165, 1.54) is 0 Å². The summed E-state index contributed by atoms with van der Waals surface area (Å²) >= 11 is 0. The molecule has 1 aromatic heterocycles. The van der Waals surface area contributed by atoms with E-state index in [0.717, 1.165) is 5.69 Å². The molecule has 0 fully saturated rings. The number of nitrogens with zero attached hydrogens (tertiary/aromatic N) is 1. The first-order valence-electron chi connectivity index (χ1n) is 3.48. The maximum absolute atomic E-state index is 8.97. The van der Waals surface area contributed by atoms with E-state index in [-0.39, 0.29) is 12.0 Å². The molecule has 4 heteroatoms. The number of hydrogen-bond donors (Lipinski definition) is 3. The van der Waals surface area contributed by atoms with Gasteiger partial charge < -0.3 is 15.8 Å². The summed E-state index contributed by atoms with van der Waals surface area (Å²) in [6.45, 7) is 3.91. The Kier molecular flexibility index (Phi) is 1.87. The summed E-state index contributed by atoms with van der Waals surface area (Å²) in [6.07, 6.45) is 1.64. The van der Waals surface area contributed by atoms with E-state index in [0.29, 0.717) is 5.95 Å². The third kappa shape index (κ3) is 1.51. The minimum Gasteiger partial charge on any atom is -0.395 e. The zero-order valence-corrected chi connectivity index (χ0v) is 6.76. The van der Waals surface area contributed by atoms with Crippen LogP contribution in [-0.4, -0.2) is 21.7 Å². The number of hydrogen-bond acceptors (Lipinski definition) is 3. The lowest BCUT2D eigenvalue weighted by atomic mass is 9.91. The number of imidazole rings is 1. The summed E-state index contributed by atoms with van der Waals surface area (Å²) in [5.74, 6) is 0.390. The molecule has 0 unspecified atom stereocenters. The van der Waals surface area contributed by atoms with E-state index in [9.17, 15) is 0 Å². The first-order valence-corrected chi connectivity index (χ1v) is 3.48. The molecule has 11 heavy (non-hydrogen) atoms. The van der Waals surface area contributed by atoms with E-state index < -0.39 is 0 Å². The van der Waals surface area contributed by atoms with Crippen LogP contribution in [0.1, 0.15) is 19.5 Å². The molecule has 0 aliphatic rings. The molecule has 0 aliphatic carbocycles. The topological polar surface area (TPSA) is 74.9 Å². The molecule has 1 aromatic rings. The van der Waals surface area contributed by atoms with Crippen LogP contribution < -0.4 is 5.73 Å². The number of aliphatic hydroxyl groups excluding tert-OH is 1. The van der Waals surface area contributed by atoms with Crippen LogP contribution in [0.4, 0.5) is 5.95 Å². The van der Waals surface area contributed by atoms with Crippen molar-refractivity contribution in [3.8, 4) is 0 Å². The Morgan fingerprint density at radius 3 is 2.73 bits per heavy atom. The van der Waals surface area contributed by atoms with Crippen molar-refractivity contribution in [2.75, 3.05) is 12.3 Å². The second-order valence-electron chi connectivity index (χ2n) is 3.22. The predicted molar refractivity (Wildman–Crippen MR) is 43.1 cm³/mol. The van der Waals surface area contributed by atoms with Crippen molar-refractivity contribution in [2.45, 2.75) is 19.3 Å². The fraction of sp³-hybridized carbons (Fsp3) is 0.571. The molecule has 0 saturated carbocycles. The monoisotopic (exact) mass is 155 g/mol. The van der Waals surface area contributed by atoms with E-state index >= 15 is 0 Å². The van der Waals surface area contributed by atoms with Crippen LogP contribution in [-0.2, 0) is 5.41 Å². The molecule has 62 valence electrons. The summed E-state index contributed by atoms with van der Waals surface area (Å²) in [7, 11) is 0. The summed E-state index contributed by atoms with van der Waals surface area (Å²) in [5.41, 5.74) is 5.95. The van der Waals surface area contributed by atoms with Crippen molar-refractivity contribution in [1.82, 2.24) is 9.97 Å². The maximum atomic E-state index is 8.97. The highest BCUT2D eigenvalue weighted by molar-refractivity contribution is 5.23. The van der Waals surface area contributed by atoms with E-state index in [4.69, 9.17) is 10.8 Å². The Labute approximate surface area is 65.5 Å². The van der Waals surface area contributed by atoms with Crippen molar-refractivity contribution in [3.05, 3.63) is 11.9 Å². The van der Waals surface area contributed by atoms with Crippen LogP contribution in [0.25, 0.3) is 0 Å². The van der Waals surface area contributed by atoms with Crippen molar-refractivity contribution >= 4 is 5.95 Å². The van der Waals surface area contributed by atoms with Crippen LogP contribution in [0.5, 0.6) is 0 Å². The van der Waals surface area contributed by atoms with Gasteiger partial charge in [0, 0.05) is 11.1 Å². The molecule has 0 bridgehead atoms. The molecule has 0 spiro atoms. The SMILES string of the molecule is CC(C)(CO)c1cnc(N)[nH]1. The highest BCUT2D eigenvalue weighted by atomic mass is 16.3. The van der Waals surface area contributed by atoms with Gasteiger partial charge in [-0.15, -0.1) is 0 Å². The van der Waals surface area contributed by atoms with E-state index in [2.05, 4.69) is 9.97 Å². The van der Waals surface area contributed by atoms with Gasteiger partial charge >= 0.3 is 0 Å². The number of nitrogens with one attached hydrogen (secondary N) is 1. The van der Waals surface area contributed by atoms with Gasteiger partial charge in [-0.3, -0.25) is 0 Å². The lowest BCUT2D eigenvalue weighted by Gasteiger charge is -2.18. The molecule has 1 heterocycles. The number of nitrogen functional groups attached to an aromatic ring is 1. The van der Waals surface area contributed by atoms with E-state index in [1.54, 1.807) is 6.20 Å². The van der Waals surface area contributed by atoms with Crippen molar-refractivity contribution in [1.29, 1.82) is 0 Å². The Morgan fingerprint density at radius 1 is 1.73 bits per heavy atom. The smallest absolute Gasteiger partial charge is 0.197 e. The summed E-state index contributed by atoms with van der Waals surface area (Å²) < 4.78 is 0. The molecule has 4 nitrogen and oxygen atoms in total. The third-order valence-electron chi connectivity index (χ3n) is 1.72. The molecular weight excluding hydrogens is 142 g/mol. The van der Waals surface area contributed by atoms with Gasteiger partial charge in [-0.25, -0.2) is 4.98 Å². The summed E-state index contributed by atoms with van der Waals surface area (Å²) in [4.78, 5) is 6.72. The second-order valence-corrected chi connectivity index (χ2v) is 3.22. The van der Waals surface area contributed by atoms with Gasteiger partial charge in [0.05, 0.1) is 12.8 Å². The average molecular weight is 155 g/mol. The number of aromatic amines is 1. The molecule has 0 aromatic carbocycles. The molecule has 4 N–H and O–H groups in total. The number of rotatable bonds is 2. The third-order valence-corrected chi connectivity index (χ3v) is 1.72. The minimum atomic E-state index is -0.287. The van der Waals surface area contributed by atoms with Gasteiger partial charge in [0.15, 0.2) is 5.95 Å². The quantitative estimate of drug-likeness (QED) is 0.573. The predicted octanol–water partition coefficient (Wildman–Crippen LogP) is 0.262. The standard InChI is InChI=1S/C7H13N3O/c1-7(2,4-11)5-3-9-6(8)10-5/h3,11H,4H2,1-2H3,(H3,8,9,10). The number of aliphatic hydroxyl groups is 1. The largest absolute Gasteiger partial charge is 0.395 e. The van der Waals surface area contributed by atoms with Crippen LogP contribution in [0.3, 0.4) is 0 Å². The fourth-order valence-corrected chi connectivity index (χ4v) is 0.766. The molecule has 0 amide bonds. The number of H-pyrrole nitrogens is 1. The zero-order valence-electron chi connectivity index (χ0n) is 6.76.